The highest BCUT2D eigenvalue weighted by atomic mass is 32.2. The van der Waals surface area contributed by atoms with Crippen LogP contribution < -0.4 is 0 Å². The number of alkyl halides is 3. The van der Waals surface area contributed by atoms with E-state index in [1.165, 1.54) is 12.1 Å². The molecule has 1 aromatic carbocycles. The lowest BCUT2D eigenvalue weighted by molar-refractivity contribution is -0.105. The molecule has 5 heteroatoms. The fourth-order valence-electron chi connectivity index (χ4n) is 1.43. The zero-order chi connectivity index (χ0) is 13.2. The normalized spacial score (nSPS) is 12.2. The van der Waals surface area contributed by atoms with Crippen LogP contribution in [0.15, 0.2) is 17.0 Å². The summed E-state index contributed by atoms with van der Waals surface area (Å²) in [6.07, 6.45) is -4.20. The zero-order valence-corrected chi connectivity index (χ0v) is 10.7. The molecule has 0 aliphatic rings. The fourth-order valence-corrected chi connectivity index (χ4v) is 2.24. The van der Waals surface area contributed by atoms with Crippen molar-refractivity contribution in [2.24, 2.45) is 0 Å². The first-order valence-electron chi connectivity index (χ1n) is 5.20. The summed E-state index contributed by atoms with van der Waals surface area (Å²) in [7, 11) is 0. The second-order valence-electron chi connectivity index (χ2n) is 4.20. The second kappa shape index (κ2) is 5.29. The van der Waals surface area contributed by atoms with Gasteiger partial charge in [0.1, 0.15) is 5.82 Å². The molecule has 1 aromatic rings. The van der Waals surface area contributed by atoms with Crippen LogP contribution in [-0.4, -0.2) is 11.9 Å². The van der Waals surface area contributed by atoms with Gasteiger partial charge >= 0.3 is 6.18 Å². The van der Waals surface area contributed by atoms with Crippen molar-refractivity contribution in [1.82, 2.24) is 0 Å². The first-order valence-corrected chi connectivity index (χ1v) is 6.19. The first kappa shape index (κ1) is 14.4. The molecule has 0 aliphatic heterocycles. The smallest absolute Gasteiger partial charge is 0.207 e. The van der Waals surface area contributed by atoms with Crippen molar-refractivity contribution in [3.8, 4) is 0 Å². The van der Waals surface area contributed by atoms with Crippen LogP contribution in [-0.2, 0) is 0 Å². The monoisotopic (exact) mass is 266 g/mol. The molecule has 0 saturated carbocycles. The molecule has 0 aromatic heterocycles. The average Bonchev–Trinajstić information content (AvgIpc) is 2.14. The molecular weight excluding hydrogens is 252 g/mol. The summed E-state index contributed by atoms with van der Waals surface area (Å²) in [5.41, 5.74) is 1.00. The van der Waals surface area contributed by atoms with Crippen LogP contribution in [0.3, 0.4) is 0 Å². The fraction of sp³-hybridized carbons (Fsp3) is 0.500. The molecule has 0 atom stereocenters. The first-order chi connectivity index (χ1) is 7.70. The molecule has 0 N–H and O–H groups in total. The average molecular weight is 266 g/mol. The van der Waals surface area contributed by atoms with Crippen molar-refractivity contribution in [3.05, 3.63) is 29.1 Å². The summed E-state index contributed by atoms with van der Waals surface area (Å²) in [5, 5.41) is 0. The Morgan fingerprint density at radius 3 is 2.29 bits per heavy atom. The molecule has 0 bridgehead atoms. The summed E-state index contributed by atoms with van der Waals surface area (Å²) in [4.78, 5) is 0.493. The third kappa shape index (κ3) is 4.22. The van der Waals surface area contributed by atoms with Crippen LogP contribution in [0, 0.1) is 12.7 Å². The second-order valence-corrected chi connectivity index (χ2v) is 5.21. The Balaban J connectivity index is 2.96. The van der Waals surface area contributed by atoms with Crippen molar-refractivity contribution < 1.29 is 17.6 Å². The number of thioether (sulfide) groups is 1. The molecule has 96 valence electrons. The van der Waals surface area contributed by atoms with Gasteiger partial charge in [-0.05, 0) is 36.1 Å². The van der Waals surface area contributed by atoms with E-state index in [9.17, 15) is 17.6 Å². The zero-order valence-electron chi connectivity index (χ0n) is 9.86. The number of benzene rings is 1. The van der Waals surface area contributed by atoms with Crippen molar-refractivity contribution in [2.75, 3.05) is 5.75 Å². The van der Waals surface area contributed by atoms with Gasteiger partial charge in [0, 0.05) is 4.90 Å². The van der Waals surface area contributed by atoms with Gasteiger partial charge in [-0.1, -0.05) is 13.8 Å². The van der Waals surface area contributed by atoms with E-state index in [2.05, 4.69) is 0 Å². The van der Waals surface area contributed by atoms with Crippen LogP contribution >= 0.6 is 11.8 Å². The Morgan fingerprint density at radius 1 is 1.24 bits per heavy atom. The maximum absolute atomic E-state index is 13.5. The van der Waals surface area contributed by atoms with Gasteiger partial charge < -0.3 is 0 Å². The maximum Gasteiger partial charge on any atom is 0.398 e. The molecule has 17 heavy (non-hydrogen) atoms. The third-order valence-corrected chi connectivity index (χ3v) is 3.53. The summed E-state index contributed by atoms with van der Waals surface area (Å²) in [5.74, 6) is -1.34. The summed E-state index contributed by atoms with van der Waals surface area (Å²) >= 11 is 0.703. The molecule has 0 unspecified atom stereocenters. The molecule has 0 heterocycles. The molecule has 0 nitrogen and oxygen atoms in total. The largest absolute Gasteiger partial charge is 0.398 e. The summed E-state index contributed by atoms with van der Waals surface area (Å²) in [6, 6.07) is 2.82. The van der Waals surface area contributed by atoms with Crippen LogP contribution in [0.5, 0.6) is 0 Å². The predicted molar refractivity (Wildman–Crippen MR) is 62.0 cm³/mol. The molecule has 0 aliphatic carbocycles. The Bertz CT molecular complexity index is 396. The molecule has 0 fully saturated rings. The van der Waals surface area contributed by atoms with Crippen molar-refractivity contribution in [2.45, 2.75) is 37.8 Å². The van der Waals surface area contributed by atoms with E-state index >= 15 is 0 Å². The summed E-state index contributed by atoms with van der Waals surface area (Å²) < 4.78 is 49.9. The Kier molecular flexibility index (Phi) is 4.47. The standard InChI is InChI=1S/C12H14F4S/c1-7(2)9-5-11(8(3)4-10(9)13)17-6-12(14,15)16/h4-5,7H,6H2,1-3H3. The maximum atomic E-state index is 13.5. The minimum Gasteiger partial charge on any atom is -0.207 e. The molecule has 0 radical (unpaired) electrons. The van der Waals surface area contributed by atoms with Gasteiger partial charge in [0.05, 0.1) is 5.75 Å². The Morgan fingerprint density at radius 2 is 1.82 bits per heavy atom. The minimum atomic E-state index is -4.20. The van der Waals surface area contributed by atoms with Gasteiger partial charge in [-0.25, -0.2) is 4.39 Å². The lowest BCUT2D eigenvalue weighted by Gasteiger charge is -2.13. The lowest BCUT2D eigenvalue weighted by atomic mass is 10.0. The van der Waals surface area contributed by atoms with E-state index < -0.39 is 11.9 Å². The van der Waals surface area contributed by atoms with Crippen molar-refractivity contribution in [3.63, 3.8) is 0 Å². The lowest BCUT2D eigenvalue weighted by Crippen LogP contribution is -2.10. The van der Waals surface area contributed by atoms with Gasteiger partial charge in [-0.2, -0.15) is 13.2 Å². The van der Waals surface area contributed by atoms with E-state index in [1.54, 1.807) is 6.92 Å². The molecule has 1 rings (SSSR count). The Hall–Kier alpha value is -0.710. The number of halogens is 4. The number of rotatable bonds is 3. The number of hydrogen-bond acceptors (Lipinski definition) is 1. The van der Waals surface area contributed by atoms with Crippen LogP contribution in [0.4, 0.5) is 17.6 Å². The highest BCUT2D eigenvalue weighted by Gasteiger charge is 2.27. The van der Waals surface area contributed by atoms with Gasteiger partial charge in [-0.3, -0.25) is 0 Å². The van der Waals surface area contributed by atoms with E-state index in [1.807, 2.05) is 13.8 Å². The molecule has 0 saturated heterocycles. The predicted octanol–water partition coefficient (Wildman–Crippen LogP) is 4.91. The van der Waals surface area contributed by atoms with Crippen molar-refractivity contribution in [1.29, 1.82) is 0 Å². The van der Waals surface area contributed by atoms with Crippen LogP contribution in [0.2, 0.25) is 0 Å². The van der Waals surface area contributed by atoms with E-state index in [0.29, 0.717) is 27.8 Å². The number of hydrogen-bond donors (Lipinski definition) is 0. The Labute approximate surface area is 102 Å². The van der Waals surface area contributed by atoms with E-state index in [-0.39, 0.29) is 11.7 Å². The molecule has 0 spiro atoms. The van der Waals surface area contributed by atoms with Crippen molar-refractivity contribution >= 4 is 11.8 Å². The number of aryl methyl sites for hydroxylation is 1. The molecular formula is C12H14F4S. The quantitative estimate of drug-likeness (QED) is 0.553. The van der Waals surface area contributed by atoms with E-state index in [0.717, 1.165) is 0 Å². The van der Waals surface area contributed by atoms with E-state index in [4.69, 9.17) is 0 Å². The van der Waals surface area contributed by atoms with Crippen LogP contribution in [0.25, 0.3) is 0 Å². The summed E-state index contributed by atoms with van der Waals surface area (Å²) in [6.45, 7) is 5.24. The third-order valence-electron chi connectivity index (χ3n) is 2.31. The van der Waals surface area contributed by atoms with Gasteiger partial charge in [0.25, 0.3) is 0 Å². The van der Waals surface area contributed by atoms with Gasteiger partial charge in [0.2, 0.25) is 0 Å². The van der Waals surface area contributed by atoms with Crippen LogP contribution in [0.1, 0.15) is 30.9 Å². The minimum absolute atomic E-state index is 0.0409. The van der Waals surface area contributed by atoms with Gasteiger partial charge in [0.15, 0.2) is 0 Å². The molecule has 0 amide bonds. The highest BCUT2D eigenvalue weighted by molar-refractivity contribution is 7.99. The van der Waals surface area contributed by atoms with Gasteiger partial charge in [-0.15, -0.1) is 11.8 Å². The highest BCUT2D eigenvalue weighted by Crippen LogP contribution is 2.32. The topological polar surface area (TPSA) is 0 Å². The SMILES string of the molecule is Cc1cc(F)c(C(C)C)cc1SCC(F)(F)F.